The molecule has 0 bridgehead atoms. The van der Waals surface area contributed by atoms with E-state index < -0.39 is 0 Å². The maximum absolute atomic E-state index is 12.2. The molecule has 2 saturated carbocycles. The zero-order valence-corrected chi connectivity index (χ0v) is 15.1. The van der Waals surface area contributed by atoms with E-state index in [1.807, 2.05) is 6.92 Å². The second-order valence-corrected chi connectivity index (χ2v) is 7.55. The smallest absolute Gasteiger partial charge is 0.239 e. The van der Waals surface area contributed by atoms with Crippen molar-refractivity contribution in [2.24, 2.45) is 0 Å². The van der Waals surface area contributed by atoms with Crippen molar-refractivity contribution >= 4 is 23.6 Å². The van der Waals surface area contributed by atoms with Gasteiger partial charge in [0, 0.05) is 25.6 Å². The highest BCUT2D eigenvalue weighted by Crippen LogP contribution is 2.45. The van der Waals surface area contributed by atoms with Crippen molar-refractivity contribution in [2.45, 2.75) is 56.1 Å². The molecule has 0 aromatic carbocycles. The zero-order chi connectivity index (χ0) is 17.1. The standard InChI is InChI=1S/C16H25N5O2S/c1-3-8-17-13(22)9-20(2)14(23)10-24-16-19-18-15(11-4-5-11)21(16)12-6-7-12/h11-12H,3-10H2,1-2H3,(H,17,22). The van der Waals surface area contributed by atoms with E-state index in [1.54, 1.807) is 7.05 Å². The van der Waals surface area contributed by atoms with E-state index in [2.05, 4.69) is 20.1 Å². The molecular weight excluding hydrogens is 326 g/mol. The van der Waals surface area contributed by atoms with Gasteiger partial charge in [-0.1, -0.05) is 18.7 Å². The highest BCUT2D eigenvalue weighted by molar-refractivity contribution is 7.99. The molecule has 2 fully saturated rings. The number of carbonyl (C=O) groups excluding carboxylic acids is 2. The average molecular weight is 351 g/mol. The number of hydrogen-bond donors (Lipinski definition) is 1. The lowest BCUT2D eigenvalue weighted by Crippen LogP contribution is -2.39. The Balaban J connectivity index is 1.52. The third-order valence-corrected chi connectivity index (χ3v) is 5.18. The van der Waals surface area contributed by atoms with Crippen LogP contribution in [0.3, 0.4) is 0 Å². The molecule has 1 N–H and O–H groups in total. The quantitative estimate of drug-likeness (QED) is 0.683. The molecule has 0 unspecified atom stereocenters. The lowest BCUT2D eigenvalue weighted by molar-refractivity contribution is -0.132. The Labute approximate surface area is 146 Å². The van der Waals surface area contributed by atoms with Gasteiger partial charge in [-0.25, -0.2) is 0 Å². The molecule has 8 heteroatoms. The van der Waals surface area contributed by atoms with E-state index in [0.717, 1.165) is 17.4 Å². The van der Waals surface area contributed by atoms with Crippen molar-refractivity contribution in [1.29, 1.82) is 0 Å². The number of nitrogens with one attached hydrogen (secondary N) is 1. The van der Waals surface area contributed by atoms with Crippen LogP contribution in [-0.2, 0) is 9.59 Å². The summed E-state index contributed by atoms with van der Waals surface area (Å²) in [5.74, 6) is 1.76. The monoisotopic (exact) mass is 351 g/mol. The Morgan fingerprint density at radius 1 is 1.29 bits per heavy atom. The van der Waals surface area contributed by atoms with Crippen molar-refractivity contribution in [3.8, 4) is 0 Å². The van der Waals surface area contributed by atoms with Crippen LogP contribution in [0.1, 0.15) is 56.8 Å². The summed E-state index contributed by atoms with van der Waals surface area (Å²) >= 11 is 1.43. The first-order valence-electron chi connectivity index (χ1n) is 8.68. The van der Waals surface area contributed by atoms with Gasteiger partial charge in [-0.15, -0.1) is 10.2 Å². The van der Waals surface area contributed by atoms with Crippen LogP contribution in [0.2, 0.25) is 0 Å². The molecule has 3 rings (SSSR count). The number of thioether (sulfide) groups is 1. The molecule has 0 radical (unpaired) electrons. The number of amides is 2. The predicted molar refractivity (Wildman–Crippen MR) is 91.9 cm³/mol. The molecule has 7 nitrogen and oxygen atoms in total. The SMILES string of the molecule is CCCNC(=O)CN(C)C(=O)CSc1nnc(C2CC2)n1C1CC1. The van der Waals surface area contributed by atoms with Crippen LogP contribution >= 0.6 is 11.8 Å². The minimum atomic E-state index is -0.116. The lowest BCUT2D eigenvalue weighted by Gasteiger charge is -2.16. The second-order valence-electron chi connectivity index (χ2n) is 6.60. The summed E-state index contributed by atoms with van der Waals surface area (Å²) in [4.78, 5) is 25.4. The van der Waals surface area contributed by atoms with Gasteiger partial charge in [0.15, 0.2) is 5.16 Å². The van der Waals surface area contributed by atoms with E-state index in [4.69, 9.17) is 0 Å². The number of carbonyl (C=O) groups is 2. The largest absolute Gasteiger partial charge is 0.355 e. The van der Waals surface area contributed by atoms with Gasteiger partial charge >= 0.3 is 0 Å². The van der Waals surface area contributed by atoms with Crippen molar-refractivity contribution in [2.75, 3.05) is 25.9 Å². The highest BCUT2D eigenvalue weighted by atomic mass is 32.2. The maximum Gasteiger partial charge on any atom is 0.239 e. The summed E-state index contributed by atoms with van der Waals surface area (Å²) in [5.41, 5.74) is 0. The number of nitrogens with zero attached hydrogens (tertiary/aromatic N) is 4. The summed E-state index contributed by atoms with van der Waals surface area (Å²) in [6.45, 7) is 2.74. The summed E-state index contributed by atoms with van der Waals surface area (Å²) in [6, 6.07) is 0.519. The molecule has 2 aliphatic carbocycles. The third-order valence-electron chi connectivity index (χ3n) is 4.25. The molecule has 0 saturated heterocycles. The van der Waals surface area contributed by atoms with Crippen molar-refractivity contribution < 1.29 is 9.59 Å². The fourth-order valence-corrected chi connectivity index (χ4v) is 3.50. The second kappa shape index (κ2) is 7.55. The summed E-state index contributed by atoms with van der Waals surface area (Å²) in [7, 11) is 1.66. The van der Waals surface area contributed by atoms with Crippen molar-refractivity contribution in [3.05, 3.63) is 5.82 Å². The van der Waals surface area contributed by atoms with Crippen LogP contribution in [0.25, 0.3) is 0 Å². The van der Waals surface area contributed by atoms with Crippen LogP contribution in [0.5, 0.6) is 0 Å². The molecule has 132 valence electrons. The number of aromatic nitrogens is 3. The molecule has 0 spiro atoms. The topological polar surface area (TPSA) is 80.1 Å². The first-order chi connectivity index (χ1) is 11.6. The van der Waals surface area contributed by atoms with Crippen LogP contribution in [0.4, 0.5) is 0 Å². The Bertz CT molecular complexity index is 610. The predicted octanol–water partition coefficient (Wildman–Crippen LogP) is 1.57. The Hall–Kier alpha value is -1.57. The van der Waals surface area contributed by atoms with E-state index in [-0.39, 0.29) is 24.1 Å². The Morgan fingerprint density at radius 3 is 2.67 bits per heavy atom. The molecule has 2 aliphatic rings. The summed E-state index contributed by atoms with van der Waals surface area (Å²) < 4.78 is 2.24. The van der Waals surface area contributed by atoms with Crippen LogP contribution in [-0.4, -0.2) is 57.4 Å². The molecule has 0 atom stereocenters. The van der Waals surface area contributed by atoms with Gasteiger partial charge in [-0.05, 0) is 32.1 Å². The van der Waals surface area contributed by atoms with Gasteiger partial charge in [0.2, 0.25) is 11.8 Å². The van der Waals surface area contributed by atoms with Gasteiger partial charge in [0.25, 0.3) is 0 Å². The van der Waals surface area contributed by atoms with E-state index in [1.165, 1.54) is 42.3 Å². The molecule has 1 aromatic heterocycles. The first kappa shape index (κ1) is 17.3. The number of hydrogen-bond acceptors (Lipinski definition) is 5. The third kappa shape index (κ3) is 4.28. The van der Waals surface area contributed by atoms with Gasteiger partial charge < -0.3 is 14.8 Å². The van der Waals surface area contributed by atoms with Gasteiger partial charge in [0.05, 0.1) is 12.3 Å². The molecule has 24 heavy (non-hydrogen) atoms. The van der Waals surface area contributed by atoms with Gasteiger partial charge in [0.1, 0.15) is 5.82 Å². The minimum Gasteiger partial charge on any atom is -0.355 e. The Kier molecular flexibility index (Phi) is 5.43. The lowest BCUT2D eigenvalue weighted by atomic mass is 10.4. The van der Waals surface area contributed by atoms with E-state index >= 15 is 0 Å². The molecule has 2 amide bonds. The van der Waals surface area contributed by atoms with Crippen molar-refractivity contribution in [3.63, 3.8) is 0 Å². The fourth-order valence-electron chi connectivity index (χ4n) is 2.54. The van der Waals surface area contributed by atoms with Crippen LogP contribution in [0.15, 0.2) is 5.16 Å². The molecule has 0 aliphatic heterocycles. The highest BCUT2D eigenvalue weighted by Gasteiger charge is 2.36. The van der Waals surface area contributed by atoms with Gasteiger partial charge in [-0.2, -0.15) is 0 Å². The maximum atomic E-state index is 12.2. The first-order valence-corrected chi connectivity index (χ1v) is 9.67. The molecular formula is C16H25N5O2S. The van der Waals surface area contributed by atoms with E-state index in [9.17, 15) is 9.59 Å². The minimum absolute atomic E-state index is 0.0648. The molecule has 1 aromatic rings. The summed E-state index contributed by atoms with van der Waals surface area (Å²) in [6.07, 6.45) is 5.64. The molecule has 1 heterocycles. The van der Waals surface area contributed by atoms with E-state index in [0.29, 0.717) is 18.5 Å². The average Bonchev–Trinajstić information content (AvgIpc) is 3.49. The number of likely N-dealkylation sites (N-methyl/N-ethyl adjacent to an activating group) is 1. The Morgan fingerprint density at radius 2 is 2.04 bits per heavy atom. The normalized spacial score (nSPS) is 16.9. The van der Waals surface area contributed by atoms with Crippen molar-refractivity contribution in [1.82, 2.24) is 25.0 Å². The number of rotatable bonds is 9. The van der Waals surface area contributed by atoms with Crippen LogP contribution in [0, 0.1) is 0 Å². The fraction of sp³-hybridized carbons (Fsp3) is 0.750. The summed E-state index contributed by atoms with van der Waals surface area (Å²) in [5, 5.41) is 12.3. The van der Waals surface area contributed by atoms with Gasteiger partial charge in [-0.3, -0.25) is 9.59 Å². The zero-order valence-electron chi connectivity index (χ0n) is 14.3. The van der Waals surface area contributed by atoms with Crippen LogP contribution < -0.4 is 5.32 Å².